The molecule has 5 aromatic rings. The molecule has 0 radical (unpaired) electrons. The van der Waals surface area contributed by atoms with Gasteiger partial charge in [-0.15, -0.1) is 0 Å². The van der Waals surface area contributed by atoms with Crippen LogP contribution in [0.25, 0.3) is 5.57 Å². The highest BCUT2D eigenvalue weighted by molar-refractivity contribution is 6.32. The molecule has 52 heavy (non-hydrogen) atoms. The summed E-state index contributed by atoms with van der Waals surface area (Å²) in [6.45, 7) is 8.61. The summed E-state index contributed by atoms with van der Waals surface area (Å²) < 4.78 is 17.7. The van der Waals surface area contributed by atoms with E-state index in [0.29, 0.717) is 58.8 Å². The van der Waals surface area contributed by atoms with Crippen LogP contribution in [0.2, 0.25) is 15.1 Å². The van der Waals surface area contributed by atoms with Crippen LogP contribution in [-0.4, -0.2) is 53.5 Å². The fourth-order valence-corrected chi connectivity index (χ4v) is 6.48. The number of amides is 1. The minimum atomic E-state index is -0.00234. The average molecular weight is 757 g/mol. The van der Waals surface area contributed by atoms with Gasteiger partial charge in [-0.05, 0) is 90.2 Å². The molecule has 7 nitrogen and oxygen atoms in total. The lowest BCUT2D eigenvalue weighted by Gasteiger charge is -2.34. The molecule has 1 aromatic heterocycles. The highest BCUT2D eigenvalue weighted by Crippen LogP contribution is 2.35. The Morgan fingerprint density at radius 1 is 0.808 bits per heavy atom. The number of hydrogen-bond donors (Lipinski definition) is 0. The number of carbonyl (C=O) groups excluding carboxylic acids is 1. The number of pyridine rings is 1. The van der Waals surface area contributed by atoms with Crippen molar-refractivity contribution in [1.29, 1.82) is 0 Å². The van der Waals surface area contributed by atoms with Crippen LogP contribution in [0.1, 0.15) is 34.7 Å². The quantitative estimate of drug-likeness (QED) is 0.112. The first-order valence-electron chi connectivity index (χ1n) is 17.2. The lowest BCUT2D eigenvalue weighted by molar-refractivity contribution is -0.127. The van der Waals surface area contributed by atoms with E-state index in [9.17, 15) is 4.79 Å². The Labute approximate surface area is 320 Å². The van der Waals surface area contributed by atoms with Gasteiger partial charge in [0, 0.05) is 66.9 Å². The van der Waals surface area contributed by atoms with Gasteiger partial charge in [-0.3, -0.25) is 9.69 Å². The summed E-state index contributed by atoms with van der Waals surface area (Å²) in [4.78, 5) is 21.9. The Bertz CT molecular complexity index is 1970. The summed E-state index contributed by atoms with van der Waals surface area (Å²) in [6, 6.07) is 30.9. The van der Waals surface area contributed by atoms with Crippen molar-refractivity contribution in [2.75, 3.05) is 32.8 Å². The Kier molecular flexibility index (Phi) is 12.7. The van der Waals surface area contributed by atoms with Crippen molar-refractivity contribution in [3.05, 3.63) is 152 Å². The van der Waals surface area contributed by atoms with Gasteiger partial charge in [-0.25, -0.2) is 4.98 Å². The Hall–Kier alpha value is -4.53. The predicted molar refractivity (Wildman–Crippen MR) is 209 cm³/mol. The van der Waals surface area contributed by atoms with Crippen molar-refractivity contribution in [2.45, 2.75) is 33.4 Å². The normalized spacial score (nSPS) is 13.6. The molecule has 1 aliphatic heterocycles. The van der Waals surface area contributed by atoms with Gasteiger partial charge >= 0.3 is 0 Å². The van der Waals surface area contributed by atoms with Crippen LogP contribution >= 0.6 is 34.8 Å². The molecular formula is C42H40Cl3N3O4. The molecule has 1 aliphatic rings. The zero-order valence-electron chi connectivity index (χ0n) is 29.2. The number of aromatic nitrogens is 1. The average Bonchev–Trinajstić information content (AvgIpc) is 3.15. The van der Waals surface area contributed by atoms with E-state index >= 15 is 0 Å². The van der Waals surface area contributed by atoms with Crippen molar-refractivity contribution in [1.82, 2.24) is 14.8 Å². The topological polar surface area (TPSA) is 64.1 Å². The maximum absolute atomic E-state index is 13.3. The standard InChI is InChI=1S/C42H40Cl3N3O4/c1-29(34-23-30(2)42(39(45)25-34)52-40-16-15-37(26-46-40)51-28-33-5-3-4-6-38(33)44)24-41(49)48-20-18-47(19-21-48)27-32-9-7-31(8-10-32)17-22-50-36-13-11-35(43)12-14-36/h3-16,23-26H,17-22,27-28H2,1-2H3. The van der Waals surface area contributed by atoms with Crippen LogP contribution in [0.3, 0.4) is 0 Å². The van der Waals surface area contributed by atoms with Crippen molar-refractivity contribution in [3.8, 4) is 23.1 Å². The van der Waals surface area contributed by atoms with Crippen molar-refractivity contribution in [2.24, 2.45) is 0 Å². The lowest BCUT2D eigenvalue weighted by atomic mass is 10.0. The molecule has 0 saturated carbocycles. The fraction of sp³-hybridized carbons (Fsp3) is 0.238. The maximum atomic E-state index is 13.3. The number of hydrogen-bond acceptors (Lipinski definition) is 6. The van der Waals surface area contributed by atoms with Gasteiger partial charge in [0.05, 0.1) is 17.8 Å². The number of aryl methyl sites for hydroxylation is 1. The number of ether oxygens (including phenoxy) is 3. The van der Waals surface area contributed by atoms with E-state index in [2.05, 4.69) is 34.1 Å². The smallest absolute Gasteiger partial charge is 0.246 e. The molecule has 0 atom stereocenters. The highest BCUT2D eigenvalue weighted by atomic mass is 35.5. The second-order valence-electron chi connectivity index (χ2n) is 12.7. The number of halogens is 3. The van der Waals surface area contributed by atoms with E-state index in [1.54, 1.807) is 24.4 Å². The Balaban J connectivity index is 0.958. The Morgan fingerprint density at radius 3 is 2.21 bits per heavy atom. The van der Waals surface area contributed by atoms with Gasteiger partial charge in [0.25, 0.3) is 0 Å². The molecule has 0 N–H and O–H groups in total. The number of carbonyl (C=O) groups is 1. The summed E-state index contributed by atoms with van der Waals surface area (Å²) in [5, 5.41) is 1.79. The largest absolute Gasteiger partial charge is 0.493 e. The molecule has 2 heterocycles. The van der Waals surface area contributed by atoms with Crippen LogP contribution in [0.4, 0.5) is 0 Å². The van der Waals surface area contributed by atoms with Crippen LogP contribution in [-0.2, 0) is 24.4 Å². The minimum absolute atomic E-state index is 0.00234. The van der Waals surface area contributed by atoms with Crippen molar-refractivity contribution < 1.29 is 19.0 Å². The van der Waals surface area contributed by atoms with E-state index in [1.807, 2.05) is 79.4 Å². The molecule has 0 aliphatic carbocycles. The van der Waals surface area contributed by atoms with Gasteiger partial charge in [0.2, 0.25) is 11.8 Å². The minimum Gasteiger partial charge on any atom is -0.493 e. The first kappa shape index (κ1) is 37.2. The van der Waals surface area contributed by atoms with Gasteiger partial charge in [-0.1, -0.05) is 77.3 Å². The molecule has 1 amide bonds. The molecule has 1 saturated heterocycles. The van der Waals surface area contributed by atoms with Gasteiger partial charge in [-0.2, -0.15) is 0 Å². The second-order valence-corrected chi connectivity index (χ2v) is 14.0. The summed E-state index contributed by atoms with van der Waals surface area (Å²) in [5.74, 6) is 2.31. The molecule has 4 aromatic carbocycles. The fourth-order valence-electron chi connectivity index (χ4n) is 5.85. The molecule has 10 heteroatoms. The van der Waals surface area contributed by atoms with Crippen LogP contribution in [0.15, 0.2) is 109 Å². The maximum Gasteiger partial charge on any atom is 0.246 e. The van der Waals surface area contributed by atoms with Gasteiger partial charge < -0.3 is 19.1 Å². The van der Waals surface area contributed by atoms with Crippen LogP contribution in [0.5, 0.6) is 23.1 Å². The van der Waals surface area contributed by atoms with E-state index < -0.39 is 0 Å². The molecule has 1 fully saturated rings. The summed E-state index contributed by atoms with van der Waals surface area (Å²) >= 11 is 18.9. The van der Waals surface area contributed by atoms with E-state index in [4.69, 9.17) is 49.0 Å². The molecule has 6 rings (SSSR count). The zero-order valence-corrected chi connectivity index (χ0v) is 31.4. The highest BCUT2D eigenvalue weighted by Gasteiger charge is 2.21. The number of piperazine rings is 1. The lowest BCUT2D eigenvalue weighted by Crippen LogP contribution is -2.47. The molecule has 0 unspecified atom stereocenters. The first-order chi connectivity index (χ1) is 25.2. The summed E-state index contributed by atoms with van der Waals surface area (Å²) in [5.41, 5.74) is 5.90. The molecule has 268 valence electrons. The van der Waals surface area contributed by atoms with E-state index in [1.165, 1.54) is 11.1 Å². The van der Waals surface area contributed by atoms with Gasteiger partial charge in [0.15, 0.2) is 5.75 Å². The monoisotopic (exact) mass is 755 g/mol. The van der Waals surface area contributed by atoms with Crippen LogP contribution in [0, 0.1) is 6.92 Å². The molecule has 0 spiro atoms. The van der Waals surface area contributed by atoms with E-state index in [-0.39, 0.29) is 5.91 Å². The number of benzene rings is 4. The number of allylic oxidation sites excluding steroid dienone is 1. The molecular weight excluding hydrogens is 717 g/mol. The third kappa shape index (κ3) is 10.3. The third-order valence-corrected chi connectivity index (χ3v) is 9.78. The summed E-state index contributed by atoms with van der Waals surface area (Å²) in [6.07, 6.45) is 4.12. The number of nitrogens with zero attached hydrogens (tertiary/aromatic N) is 3. The summed E-state index contributed by atoms with van der Waals surface area (Å²) in [7, 11) is 0. The number of rotatable bonds is 13. The van der Waals surface area contributed by atoms with Gasteiger partial charge in [0.1, 0.15) is 18.1 Å². The predicted octanol–water partition coefficient (Wildman–Crippen LogP) is 10.1. The Morgan fingerprint density at radius 2 is 1.52 bits per heavy atom. The van der Waals surface area contributed by atoms with E-state index in [0.717, 1.165) is 54.1 Å². The SMILES string of the molecule is CC(=CC(=O)N1CCN(Cc2ccc(CCOc3ccc(Cl)cc3)cc2)CC1)c1cc(C)c(Oc2ccc(OCc3ccccc3Cl)cn2)c(Cl)c1. The van der Waals surface area contributed by atoms with Crippen molar-refractivity contribution in [3.63, 3.8) is 0 Å². The third-order valence-electron chi connectivity index (χ3n) is 8.88. The van der Waals surface area contributed by atoms with Crippen molar-refractivity contribution >= 4 is 46.3 Å². The molecule has 0 bridgehead atoms. The zero-order chi connectivity index (χ0) is 36.5. The first-order valence-corrected chi connectivity index (χ1v) is 18.3. The van der Waals surface area contributed by atoms with Crippen LogP contribution < -0.4 is 14.2 Å². The second kappa shape index (κ2) is 17.8.